The summed E-state index contributed by atoms with van der Waals surface area (Å²) in [5.41, 5.74) is 5.96. The smallest absolute Gasteiger partial charge is 0.256 e. The zero-order valence-corrected chi connectivity index (χ0v) is 11.9. The number of rotatable bonds is 5. The number of carbonyl (C=O) groups excluding carboxylic acids is 2. The highest BCUT2D eigenvalue weighted by atomic mass is 19.1. The summed E-state index contributed by atoms with van der Waals surface area (Å²) in [4.78, 5) is 24.8. The molecule has 6 heteroatoms. The fraction of sp³-hybridized carbons (Fsp3) is 0.429. The van der Waals surface area contributed by atoms with Gasteiger partial charge in [-0.25, -0.2) is 4.39 Å². The first-order valence-electron chi connectivity index (χ1n) is 6.44. The Kier molecular flexibility index (Phi) is 5.64. The van der Waals surface area contributed by atoms with Gasteiger partial charge in [-0.05, 0) is 24.6 Å². The van der Waals surface area contributed by atoms with Crippen LogP contribution in [-0.2, 0) is 4.79 Å². The molecule has 0 fully saturated rings. The predicted octanol–water partition coefficient (Wildman–Crippen LogP) is 1.59. The zero-order chi connectivity index (χ0) is 15.3. The third-order valence-corrected chi connectivity index (χ3v) is 2.81. The van der Waals surface area contributed by atoms with Gasteiger partial charge in [0.25, 0.3) is 5.91 Å². The second kappa shape index (κ2) is 7.00. The van der Waals surface area contributed by atoms with Crippen molar-refractivity contribution in [3.8, 4) is 0 Å². The number of halogens is 1. The van der Waals surface area contributed by atoms with Crippen molar-refractivity contribution in [3.63, 3.8) is 0 Å². The predicted molar refractivity (Wildman–Crippen MR) is 75.9 cm³/mol. The second-order valence-electron chi connectivity index (χ2n) is 4.78. The Hall–Kier alpha value is -1.95. The fourth-order valence-electron chi connectivity index (χ4n) is 1.68. The van der Waals surface area contributed by atoms with Crippen molar-refractivity contribution >= 4 is 17.5 Å². The number of carbonyl (C=O) groups is 2. The minimum atomic E-state index is -0.625. The second-order valence-corrected chi connectivity index (χ2v) is 4.78. The molecule has 0 aromatic heterocycles. The van der Waals surface area contributed by atoms with Crippen molar-refractivity contribution in [2.75, 3.05) is 19.4 Å². The molecule has 1 rings (SSSR count). The Labute approximate surface area is 117 Å². The van der Waals surface area contributed by atoms with Crippen molar-refractivity contribution in [1.29, 1.82) is 0 Å². The van der Waals surface area contributed by atoms with Gasteiger partial charge in [0.05, 0.1) is 11.6 Å². The van der Waals surface area contributed by atoms with Crippen LogP contribution >= 0.6 is 0 Å². The summed E-state index contributed by atoms with van der Waals surface area (Å²) in [6.45, 7) is 1.93. The number of amides is 2. The monoisotopic (exact) mass is 281 g/mol. The van der Waals surface area contributed by atoms with Gasteiger partial charge in [0.15, 0.2) is 0 Å². The van der Waals surface area contributed by atoms with Crippen LogP contribution in [0.5, 0.6) is 0 Å². The minimum Gasteiger partial charge on any atom is -0.345 e. The molecule has 0 radical (unpaired) electrons. The first-order chi connectivity index (χ1) is 9.36. The molecule has 0 saturated carbocycles. The largest absolute Gasteiger partial charge is 0.345 e. The standard InChI is InChI=1S/C14H20FN3O2/c1-4-5-12(16)13(19)17-9-6-7-11(15)10(8-9)14(20)18(2)3/h6-8,12H,4-5,16H2,1-3H3,(H,17,19). The third kappa shape index (κ3) is 4.03. The Morgan fingerprint density at radius 1 is 1.40 bits per heavy atom. The number of nitrogens with zero attached hydrogens (tertiary/aromatic N) is 1. The van der Waals surface area contributed by atoms with E-state index >= 15 is 0 Å². The molecule has 1 aromatic rings. The van der Waals surface area contributed by atoms with Crippen molar-refractivity contribution in [2.24, 2.45) is 5.73 Å². The minimum absolute atomic E-state index is 0.0862. The Bertz CT molecular complexity index is 503. The van der Waals surface area contributed by atoms with Crippen LogP contribution in [0.1, 0.15) is 30.1 Å². The molecule has 1 unspecified atom stereocenters. The lowest BCUT2D eigenvalue weighted by atomic mass is 10.1. The zero-order valence-electron chi connectivity index (χ0n) is 11.9. The first kappa shape index (κ1) is 16.1. The molecule has 0 bridgehead atoms. The lowest BCUT2D eigenvalue weighted by Crippen LogP contribution is -2.35. The summed E-state index contributed by atoms with van der Waals surface area (Å²) in [7, 11) is 3.06. The first-order valence-corrected chi connectivity index (χ1v) is 6.44. The Balaban J connectivity index is 2.90. The summed E-state index contributed by atoms with van der Waals surface area (Å²) < 4.78 is 13.6. The van der Waals surface area contributed by atoms with Gasteiger partial charge in [-0.1, -0.05) is 13.3 Å². The highest BCUT2D eigenvalue weighted by Crippen LogP contribution is 2.16. The van der Waals surface area contributed by atoms with E-state index in [1.54, 1.807) is 0 Å². The van der Waals surface area contributed by atoms with Crippen molar-refractivity contribution < 1.29 is 14.0 Å². The summed E-state index contributed by atoms with van der Waals surface area (Å²) in [5, 5.41) is 2.59. The van der Waals surface area contributed by atoms with Gasteiger partial charge in [-0.3, -0.25) is 9.59 Å². The van der Waals surface area contributed by atoms with Crippen LogP contribution in [0.2, 0.25) is 0 Å². The van der Waals surface area contributed by atoms with Gasteiger partial charge < -0.3 is 16.0 Å². The van der Waals surface area contributed by atoms with Crippen LogP contribution in [0.4, 0.5) is 10.1 Å². The maximum Gasteiger partial charge on any atom is 0.256 e. The van der Waals surface area contributed by atoms with E-state index in [0.717, 1.165) is 12.5 Å². The van der Waals surface area contributed by atoms with E-state index in [9.17, 15) is 14.0 Å². The van der Waals surface area contributed by atoms with E-state index in [1.165, 1.54) is 31.1 Å². The number of benzene rings is 1. The van der Waals surface area contributed by atoms with Crippen LogP contribution in [-0.4, -0.2) is 36.9 Å². The molecule has 0 aliphatic heterocycles. The molecule has 110 valence electrons. The third-order valence-electron chi connectivity index (χ3n) is 2.81. The van der Waals surface area contributed by atoms with Gasteiger partial charge in [0, 0.05) is 19.8 Å². The molecule has 0 heterocycles. The van der Waals surface area contributed by atoms with Gasteiger partial charge in [-0.2, -0.15) is 0 Å². The normalized spacial score (nSPS) is 11.8. The van der Waals surface area contributed by atoms with Crippen LogP contribution in [0.15, 0.2) is 18.2 Å². The van der Waals surface area contributed by atoms with E-state index in [4.69, 9.17) is 5.73 Å². The maximum absolute atomic E-state index is 13.6. The fourth-order valence-corrected chi connectivity index (χ4v) is 1.68. The molecular weight excluding hydrogens is 261 g/mol. The summed E-state index contributed by atoms with van der Waals surface area (Å²) >= 11 is 0. The van der Waals surface area contributed by atoms with Crippen LogP contribution in [0, 0.1) is 5.82 Å². The van der Waals surface area contributed by atoms with E-state index in [2.05, 4.69) is 5.32 Å². The van der Waals surface area contributed by atoms with E-state index in [0.29, 0.717) is 12.1 Å². The highest BCUT2D eigenvalue weighted by Gasteiger charge is 2.17. The number of hydrogen-bond acceptors (Lipinski definition) is 3. The summed E-state index contributed by atoms with van der Waals surface area (Å²) in [6, 6.07) is 3.25. The molecule has 0 spiro atoms. The molecule has 2 amide bonds. The number of nitrogens with one attached hydrogen (secondary N) is 1. The van der Waals surface area contributed by atoms with E-state index in [1.807, 2.05) is 6.92 Å². The molecule has 3 N–H and O–H groups in total. The SMILES string of the molecule is CCCC(N)C(=O)Nc1ccc(F)c(C(=O)N(C)C)c1. The van der Waals surface area contributed by atoms with Crippen molar-refractivity contribution in [2.45, 2.75) is 25.8 Å². The lowest BCUT2D eigenvalue weighted by molar-refractivity contribution is -0.117. The average Bonchev–Trinajstić information content (AvgIpc) is 2.40. The van der Waals surface area contributed by atoms with Gasteiger partial charge >= 0.3 is 0 Å². The number of nitrogens with two attached hydrogens (primary N) is 1. The van der Waals surface area contributed by atoms with E-state index in [-0.39, 0.29) is 11.5 Å². The van der Waals surface area contributed by atoms with Crippen LogP contribution < -0.4 is 11.1 Å². The van der Waals surface area contributed by atoms with Gasteiger partial charge in [0.2, 0.25) is 5.91 Å². The summed E-state index contributed by atoms with van der Waals surface area (Å²) in [5.74, 6) is -1.43. The highest BCUT2D eigenvalue weighted by molar-refractivity contribution is 5.98. The van der Waals surface area contributed by atoms with Crippen LogP contribution in [0.3, 0.4) is 0 Å². The molecule has 20 heavy (non-hydrogen) atoms. The van der Waals surface area contributed by atoms with Crippen LogP contribution in [0.25, 0.3) is 0 Å². The summed E-state index contributed by atoms with van der Waals surface area (Å²) in [6.07, 6.45) is 1.36. The Morgan fingerprint density at radius 3 is 2.60 bits per heavy atom. The quantitative estimate of drug-likeness (QED) is 0.860. The average molecular weight is 281 g/mol. The molecular formula is C14H20FN3O2. The maximum atomic E-state index is 13.6. The molecule has 1 atom stereocenters. The molecule has 5 nitrogen and oxygen atoms in total. The number of hydrogen-bond donors (Lipinski definition) is 2. The van der Waals surface area contributed by atoms with E-state index < -0.39 is 17.8 Å². The Morgan fingerprint density at radius 2 is 2.05 bits per heavy atom. The molecule has 0 aliphatic carbocycles. The molecule has 0 saturated heterocycles. The lowest BCUT2D eigenvalue weighted by Gasteiger charge is -2.14. The van der Waals surface area contributed by atoms with Crippen molar-refractivity contribution in [3.05, 3.63) is 29.6 Å². The van der Waals surface area contributed by atoms with Gasteiger partial charge in [0.1, 0.15) is 5.82 Å². The van der Waals surface area contributed by atoms with Gasteiger partial charge in [-0.15, -0.1) is 0 Å². The molecule has 1 aromatic carbocycles. The topological polar surface area (TPSA) is 75.4 Å². The van der Waals surface area contributed by atoms with Crippen molar-refractivity contribution in [1.82, 2.24) is 4.90 Å². The number of anilines is 1. The molecule has 0 aliphatic rings.